The summed E-state index contributed by atoms with van der Waals surface area (Å²) >= 11 is 11.2. The van der Waals surface area contributed by atoms with Gasteiger partial charge in [0.25, 0.3) is 0 Å². The highest BCUT2D eigenvalue weighted by atomic mass is 35.5. The molecular weight excluding hydrogens is 312 g/mol. The molecule has 1 N–H and O–H groups in total. The molecule has 1 nitrogen and oxygen atoms in total. The summed E-state index contributed by atoms with van der Waals surface area (Å²) in [6.45, 7) is 1.37. The largest absolute Gasteiger partial charge is 0.455 e. The smallest absolute Gasteiger partial charge is 0.305 e. The van der Waals surface area contributed by atoms with Gasteiger partial charge >= 0.3 is 12.1 Å². The Morgan fingerprint density at radius 2 is 1.68 bits per heavy atom. The lowest BCUT2D eigenvalue weighted by molar-refractivity contribution is -0.294. The van der Waals surface area contributed by atoms with Gasteiger partial charge in [0.1, 0.15) is 6.04 Å². The summed E-state index contributed by atoms with van der Waals surface area (Å²) in [5.74, 6) is -4.92. The fraction of sp³-hybridized carbons (Fsp3) is 0.455. The zero-order chi connectivity index (χ0) is 14.8. The molecule has 0 aliphatic heterocycles. The lowest BCUT2D eigenvalue weighted by Crippen LogP contribution is -2.48. The van der Waals surface area contributed by atoms with Gasteiger partial charge in [-0.3, -0.25) is 0 Å². The summed E-state index contributed by atoms with van der Waals surface area (Å²) < 4.78 is 64.1. The third-order valence-electron chi connectivity index (χ3n) is 2.43. The molecule has 0 spiro atoms. The lowest BCUT2D eigenvalue weighted by atomic mass is 10.00. The minimum absolute atomic E-state index is 0.0589. The Labute approximate surface area is 116 Å². The second kappa shape index (κ2) is 5.81. The average molecular weight is 322 g/mol. The molecule has 0 saturated carbocycles. The van der Waals surface area contributed by atoms with E-state index in [0.717, 1.165) is 12.1 Å². The zero-order valence-electron chi connectivity index (χ0n) is 9.66. The summed E-state index contributed by atoms with van der Waals surface area (Å²) in [4.78, 5) is 0. The second-order valence-corrected chi connectivity index (χ2v) is 4.60. The molecule has 0 amide bonds. The van der Waals surface area contributed by atoms with E-state index in [9.17, 15) is 22.0 Å². The lowest BCUT2D eigenvalue weighted by Gasteiger charge is -2.29. The summed E-state index contributed by atoms with van der Waals surface area (Å²) in [5, 5.41) is 2.12. The molecule has 8 heteroatoms. The maximum Gasteiger partial charge on any atom is 0.455 e. The van der Waals surface area contributed by atoms with Gasteiger partial charge in [-0.25, -0.2) is 0 Å². The normalized spacial score (nSPS) is 14.5. The van der Waals surface area contributed by atoms with E-state index >= 15 is 0 Å². The van der Waals surface area contributed by atoms with E-state index in [1.807, 2.05) is 0 Å². The number of nitrogens with one attached hydrogen (secondary N) is 1. The van der Waals surface area contributed by atoms with Crippen LogP contribution in [0.1, 0.15) is 18.5 Å². The van der Waals surface area contributed by atoms with Crippen molar-refractivity contribution in [2.24, 2.45) is 0 Å². The van der Waals surface area contributed by atoms with Crippen molar-refractivity contribution in [2.45, 2.75) is 25.1 Å². The molecule has 1 aromatic carbocycles. The van der Waals surface area contributed by atoms with Gasteiger partial charge in [0, 0.05) is 0 Å². The van der Waals surface area contributed by atoms with Crippen LogP contribution < -0.4 is 5.32 Å². The molecule has 0 fully saturated rings. The van der Waals surface area contributed by atoms with Gasteiger partial charge in [-0.15, -0.1) is 0 Å². The third kappa shape index (κ3) is 3.49. The first-order valence-corrected chi connectivity index (χ1v) is 5.99. The van der Waals surface area contributed by atoms with E-state index in [-0.39, 0.29) is 22.2 Å². The van der Waals surface area contributed by atoms with Gasteiger partial charge < -0.3 is 5.32 Å². The van der Waals surface area contributed by atoms with Crippen LogP contribution in [0.4, 0.5) is 22.0 Å². The molecular formula is C11H10Cl2F5N. The van der Waals surface area contributed by atoms with Crippen LogP contribution in [0.5, 0.6) is 0 Å². The fourth-order valence-electron chi connectivity index (χ4n) is 1.52. The van der Waals surface area contributed by atoms with E-state index in [2.05, 4.69) is 5.32 Å². The highest BCUT2D eigenvalue weighted by Gasteiger charge is 2.62. The Morgan fingerprint density at radius 3 is 2.11 bits per heavy atom. The van der Waals surface area contributed by atoms with Gasteiger partial charge in [0.15, 0.2) is 0 Å². The summed E-state index contributed by atoms with van der Waals surface area (Å²) in [6, 6.07) is 1.04. The number of hydrogen-bond donors (Lipinski definition) is 1. The van der Waals surface area contributed by atoms with Crippen molar-refractivity contribution in [3.05, 3.63) is 33.8 Å². The average Bonchev–Trinajstić information content (AvgIpc) is 2.28. The number of rotatable bonds is 4. The Balaban J connectivity index is 3.24. The molecule has 0 saturated heterocycles. The molecule has 0 aromatic heterocycles. The van der Waals surface area contributed by atoms with E-state index in [0.29, 0.717) is 0 Å². The monoisotopic (exact) mass is 321 g/mol. The molecule has 0 aliphatic carbocycles. The molecule has 19 heavy (non-hydrogen) atoms. The Hall–Kier alpha value is -0.590. The highest BCUT2D eigenvalue weighted by molar-refractivity contribution is 6.42. The molecule has 0 aliphatic rings. The van der Waals surface area contributed by atoms with Crippen molar-refractivity contribution < 1.29 is 22.0 Å². The SMILES string of the molecule is CCNC(c1ccc(Cl)c(Cl)c1)C(F)(F)C(F)(F)F. The standard InChI is InChI=1S/C11H10Cl2F5N/c1-2-19-9(10(14,15)11(16,17)18)6-3-4-7(12)8(13)5-6/h3-5,9,19H,2H2,1H3. The fourth-order valence-corrected chi connectivity index (χ4v) is 1.82. The predicted molar refractivity (Wildman–Crippen MR) is 63.9 cm³/mol. The van der Waals surface area contributed by atoms with Crippen LogP contribution >= 0.6 is 23.2 Å². The third-order valence-corrected chi connectivity index (χ3v) is 3.16. The van der Waals surface area contributed by atoms with Crippen LogP contribution in [0, 0.1) is 0 Å². The summed E-state index contributed by atoms with van der Waals surface area (Å²) in [5.41, 5.74) is -0.279. The minimum Gasteiger partial charge on any atom is -0.305 e. The molecule has 0 radical (unpaired) electrons. The first-order chi connectivity index (χ1) is 8.61. The number of benzene rings is 1. The molecule has 0 bridgehead atoms. The molecule has 0 heterocycles. The molecule has 108 valence electrons. The van der Waals surface area contributed by atoms with Gasteiger partial charge in [-0.05, 0) is 24.2 Å². The predicted octanol–water partition coefficient (Wildman–Crippen LogP) is 4.84. The van der Waals surface area contributed by atoms with Gasteiger partial charge in [-0.1, -0.05) is 36.2 Å². The molecule has 1 aromatic rings. The number of halogens is 7. The Bertz CT molecular complexity index is 447. The summed E-state index contributed by atoms with van der Waals surface area (Å²) in [6.07, 6.45) is -5.66. The van der Waals surface area contributed by atoms with Crippen LogP contribution in [0.25, 0.3) is 0 Å². The van der Waals surface area contributed by atoms with Gasteiger partial charge in [-0.2, -0.15) is 22.0 Å². The van der Waals surface area contributed by atoms with Crippen molar-refractivity contribution in [2.75, 3.05) is 6.54 Å². The summed E-state index contributed by atoms with van der Waals surface area (Å²) in [7, 11) is 0. The van der Waals surface area contributed by atoms with Crippen LogP contribution in [0.2, 0.25) is 10.0 Å². The van der Waals surface area contributed by atoms with E-state index in [4.69, 9.17) is 23.2 Å². The van der Waals surface area contributed by atoms with Gasteiger partial charge in [0.2, 0.25) is 0 Å². The second-order valence-electron chi connectivity index (χ2n) is 3.78. The van der Waals surface area contributed by atoms with Crippen LogP contribution in [0.15, 0.2) is 18.2 Å². The van der Waals surface area contributed by atoms with Crippen molar-refractivity contribution in [1.29, 1.82) is 0 Å². The van der Waals surface area contributed by atoms with Crippen molar-refractivity contribution in [3.63, 3.8) is 0 Å². The quantitative estimate of drug-likeness (QED) is 0.782. The zero-order valence-corrected chi connectivity index (χ0v) is 11.2. The molecule has 1 rings (SSSR count). The van der Waals surface area contributed by atoms with E-state index in [1.54, 1.807) is 0 Å². The van der Waals surface area contributed by atoms with Crippen molar-refractivity contribution >= 4 is 23.2 Å². The number of hydrogen-bond acceptors (Lipinski definition) is 1. The Kier molecular flexibility index (Phi) is 5.03. The van der Waals surface area contributed by atoms with E-state index in [1.165, 1.54) is 13.0 Å². The van der Waals surface area contributed by atoms with Crippen LogP contribution in [0.3, 0.4) is 0 Å². The maximum atomic E-state index is 13.4. The number of alkyl halides is 5. The van der Waals surface area contributed by atoms with Crippen molar-refractivity contribution in [3.8, 4) is 0 Å². The Morgan fingerprint density at radius 1 is 1.11 bits per heavy atom. The minimum atomic E-state index is -5.66. The highest BCUT2D eigenvalue weighted by Crippen LogP contribution is 2.45. The van der Waals surface area contributed by atoms with Gasteiger partial charge in [0.05, 0.1) is 10.0 Å². The van der Waals surface area contributed by atoms with Crippen LogP contribution in [-0.2, 0) is 0 Å². The van der Waals surface area contributed by atoms with Crippen molar-refractivity contribution in [1.82, 2.24) is 5.32 Å². The first-order valence-electron chi connectivity index (χ1n) is 5.24. The molecule has 1 atom stereocenters. The maximum absolute atomic E-state index is 13.4. The first kappa shape index (κ1) is 16.5. The van der Waals surface area contributed by atoms with E-state index < -0.39 is 18.1 Å². The van der Waals surface area contributed by atoms with Crippen LogP contribution in [-0.4, -0.2) is 18.6 Å². The molecule has 1 unspecified atom stereocenters. The topological polar surface area (TPSA) is 12.0 Å².